The Kier molecular flexibility index (Phi) is 3.10. The second-order valence-electron chi connectivity index (χ2n) is 2.58. The molecule has 0 aromatic carbocycles. The van der Waals surface area contributed by atoms with Crippen LogP contribution in [-0.2, 0) is 9.47 Å². The SMILES string of the molecule is C/C=C/[C@H](OC)[C@@H]1COC(=O)N1. The molecule has 1 rings (SSSR count). The zero-order valence-electron chi connectivity index (χ0n) is 7.24. The van der Waals surface area contributed by atoms with Crippen molar-refractivity contribution in [2.45, 2.75) is 19.1 Å². The van der Waals surface area contributed by atoms with Gasteiger partial charge in [0.1, 0.15) is 6.61 Å². The number of nitrogens with one attached hydrogen (secondary N) is 1. The lowest BCUT2D eigenvalue weighted by atomic mass is 10.1. The molecule has 12 heavy (non-hydrogen) atoms. The van der Waals surface area contributed by atoms with Crippen molar-refractivity contribution in [1.29, 1.82) is 0 Å². The fraction of sp³-hybridized carbons (Fsp3) is 0.625. The molecule has 1 aliphatic rings. The maximum atomic E-state index is 10.7. The molecule has 1 fully saturated rings. The second-order valence-corrected chi connectivity index (χ2v) is 2.58. The number of methoxy groups -OCH3 is 1. The molecule has 68 valence electrons. The number of amides is 1. The van der Waals surface area contributed by atoms with Gasteiger partial charge in [-0.15, -0.1) is 0 Å². The summed E-state index contributed by atoms with van der Waals surface area (Å²) in [4.78, 5) is 10.7. The number of carbonyl (C=O) groups excluding carboxylic acids is 1. The third-order valence-electron chi connectivity index (χ3n) is 1.75. The van der Waals surface area contributed by atoms with E-state index < -0.39 is 0 Å². The van der Waals surface area contributed by atoms with Gasteiger partial charge in [0.25, 0.3) is 0 Å². The monoisotopic (exact) mass is 171 g/mol. The first kappa shape index (κ1) is 9.06. The van der Waals surface area contributed by atoms with Crippen molar-refractivity contribution in [3.8, 4) is 0 Å². The van der Waals surface area contributed by atoms with Crippen LogP contribution in [0.15, 0.2) is 12.2 Å². The van der Waals surface area contributed by atoms with Gasteiger partial charge in [-0.05, 0) is 6.92 Å². The lowest BCUT2D eigenvalue weighted by molar-refractivity contribution is 0.105. The fourth-order valence-corrected chi connectivity index (χ4v) is 1.14. The summed E-state index contributed by atoms with van der Waals surface area (Å²) in [6.07, 6.45) is 3.31. The molecular formula is C8H13NO3. The van der Waals surface area contributed by atoms with E-state index in [4.69, 9.17) is 9.47 Å². The third-order valence-corrected chi connectivity index (χ3v) is 1.75. The van der Waals surface area contributed by atoms with Gasteiger partial charge in [0.15, 0.2) is 0 Å². The highest BCUT2D eigenvalue weighted by Crippen LogP contribution is 2.07. The number of hydrogen-bond acceptors (Lipinski definition) is 3. The number of alkyl carbamates (subject to hydrolysis) is 1. The van der Waals surface area contributed by atoms with E-state index in [1.54, 1.807) is 7.11 Å². The Morgan fingerprint density at radius 1 is 1.83 bits per heavy atom. The fourth-order valence-electron chi connectivity index (χ4n) is 1.14. The second kappa shape index (κ2) is 4.11. The molecule has 1 amide bonds. The van der Waals surface area contributed by atoms with Gasteiger partial charge in [-0.1, -0.05) is 12.2 Å². The largest absolute Gasteiger partial charge is 0.447 e. The summed E-state index contributed by atoms with van der Waals surface area (Å²) in [5.41, 5.74) is 0. The van der Waals surface area contributed by atoms with Crippen molar-refractivity contribution >= 4 is 6.09 Å². The number of carbonyl (C=O) groups is 1. The van der Waals surface area contributed by atoms with Gasteiger partial charge in [0.05, 0.1) is 12.1 Å². The van der Waals surface area contributed by atoms with E-state index in [9.17, 15) is 4.79 Å². The first-order chi connectivity index (χ1) is 5.77. The van der Waals surface area contributed by atoms with Crippen LogP contribution in [0.3, 0.4) is 0 Å². The Morgan fingerprint density at radius 2 is 2.58 bits per heavy atom. The van der Waals surface area contributed by atoms with Crippen LogP contribution in [0.1, 0.15) is 6.92 Å². The van der Waals surface area contributed by atoms with E-state index in [-0.39, 0.29) is 18.2 Å². The molecule has 1 aliphatic heterocycles. The predicted molar refractivity (Wildman–Crippen MR) is 43.9 cm³/mol. The normalized spacial score (nSPS) is 25.5. The average Bonchev–Trinajstić information content (AvgIpc) is 2.47. The van der Waals surface area contributed by atoms with Crippen molar-refractivity contribution in [1.82, 2.24) is 5.32 Å². The van der Waals surface area contributed by atoms with E-state index in [0.717, 1.165) is 0 Å². The van der Waals surface area contributed by atoms with Crippen molar-refractivity contribution in [3.05, 3.63) is 12.2 Å². The van der Waals surface area contributed by atoms with Crippen molar-refractivity contribution < 1.29 is 14.3 Å². The highest BCUT2D eigenvalue weighted by atomic mass is 16.6. The predicted octanol–water partition coefficient (Wildman–Crippen LogP) is 0.686. The van der Waals surface area contributed by atoms with Crippen LogP contribution in [0.2, 0.25) is 0 Å². The molecule has 0 aromatic rings. The number of ether oxygens (including phenoxy) is 2. The minimum atomic E-state index is -0.369. The lowest BCUT2D eigenvalue weighted by Crippen LogP contribution is -2.37. The summed E-state index contributed by atoms with van der Waals surface area (Å²) in [6.45, 7) is 2.28. The van der Waals surface area contributed by atoms with Crippen LogP contribution in [0.25, 0.3) is 0 Å². The van der Waals surface area contributed by atoms with Gasteiger partial charge < -0.3 is 14.8 Å². The molecule has 0 aliphatic carbocycles. The van der Waals surface area contributed by atoms with E-state index in [0.29, 0.717) is 6.61 Å². The Balaban J connectivity index is 2.49. The zero-order chi connectivity index (χ0) is 8.97. The standard InChI is InChI=1S/C8H13NO3/c1-3-4-7(11-2)6-5-12-8(10)9-6/h3-4,6-7H,5H2,1-2H3,(H,9,10)/b4-3+/t6-,7-/m0/s1. The minimum Gasteiger partial charge on any atom is -0.447 e. The summed E-state index contributed by atoms with van der Waals surface area (Å²) < 4.78 is 9.87. The van der Waals surface area contributed by atoms with Crippen LogP contribution in [0, 0.1) is 0 Å². The molecule has 0 bridgehead atoms. The topological polar surface area (TPSA) is 47.6 Å². The van der Waals surface area contributed by atoms with Gasteiger partial charge in [0.2, 0.25) is 0 Å². The molecule has 2 atom stereocenters. The number of cyclic esters (lactones) is 1. The van der Waals surface area contributed by atoms with Crippen molar-refractivity contribution in [2.24, 2.45) is 0 Å². The highest BCUT2D eigenvalue weighted by molar-refractivity contribution is 5.69. The van der Waals surface area contributed by atoms with Gasteiger partial charge >= 0.3 is 6.09 Å². The van der Waals surface area contributed by atoms with Gasteiger partial charge in [-0.2, -0.15) is 0 Å². The molecule has 0 aromatic heterocycles. The van der Waals surface area contributed by atoms with Crippen LogP contribution in [0.4, 0.5) is 4.79 Å². The molecule has 0 saturated carbocycles. The summed E-state index contributed by atoms with van der Waals surface area (Å²) in [6, 6.07) is -0.0568. The first-order valence-electron chi connectivity index (χ1n) is 3.87. The summed E-state index contributed by atoms with van der Waals surface area (Å²) >= 11 is 0. The van der Waals surface area contributed by atoms with Gasteiger partial charge in [-0.25, -0.2) is 4.79 Å². The molecule has 1 N–H and O–H groups in total. The van der Waals surface area contributed by atoms with Crippen LogP contribution in [0.5, 0.6) is 0 Å². The summed E-state index contributed by atoms with van der Waals surface area (Å²) in [7, 11) is 1.61. The van der Waals surface area contributed by atoms with Crippen molar-refractivity contribution in [3.63, 3.8) is 0 Å². The van der Waals surface area contributed by atoms with E-state index >= 15 is 0 Å². The first-order valence-corrected chi connectivity index (χ1v) is 3.87. The van der Waals surface area contributed by atoms with Crippen LogP contribution in [-0.4, -0.2) is 32.0 Å². The molecule has 0 spiro atoms. The maximum absolute atomic E-state index is 10.7. The molecule has 4 nitrogen and oxygen atoms in total. The summed E-state index contributed by atoms with van der Waals surface area (Å²) in [5.74, 6) is 0. The smallest absolute Gasteiger partial charge is 0.407 e. The summed E-state index contributed by atoms with van der Waals surface area (Å²) in [5, 5.41) is 2.65. The number of rotatable bonds is 3. The third kappa shape index (κ3) is 1.98. The van der Waals surface area contributed by atoms with E-state index in [2.05, 4.69) is 5.32 Å². The Labute approximate surface area is 71.5 Å². The van der Waals surface area contributed by atoms with Gasteiger partial charge in [0, 0.05) is 7.11 Å². The molecule has 1 heterocycles. The van der Waals surface area contributed by atoms with E-state index in [1.807, 2.05) is 19.1 Å². The van der Waals surface area contributed by atoms with Crippen LogP contribution < -0.4 is 5.32 Å². The highest BCUT2D eigenvalue weighted by Gasteiger charge is 2.28. The van der Waals surface area contributed by atoms with E-state index in [1.165, 1.54) is 0 Å². The van der Waals surface area contributed by atoms with Crippen LogP contribution >= 0.6 is 0 Å². The quantitative estimate of drug-likeness (QED) is 0.635. The molecule has 4 heteroatoms. The number of allylic oxidation sites excluding steroid dienone is 1. The molecule has 1 saturated heterocycles. The Hall–Kier alpha value is -1.03. The van der Waals surface area contributed by atoms with Crippen molar-refractivity contribution in [2.75, 3.05) is 13.7 Å². The molecule has 0 unspecified atom stereocenters. The van der Waals surface area contributed by atoms with Gasteiger partial charge in [-0.3, -0.25) is 0 Å². The molecule has 0 radical (unpaired) electrons. The minimum absolute atomic E-state index is 0.0568. The zero-order valence-corrected chi connectivity index (χ0v) is 7.24. The lowest BCUT2D eigenvalue weighted by Gasteiger charge is -2.15. The molecular weight excluding hydrogens is 158 g/mol. The maximum Gasteiger partial charge on any atom is 0.407 e. The number of hydrogen-bond donors (Lipinski definition) is 1. The Morgan fingerprint density at radius 3 is 3.00 bits per heavy atom. The average molecular weight is 171 g/mol. The Bertz CT molecular complexity index is 191.